The molecule has 0 spiro atoms. The molecule has 1 aromatic carbocycles. The molecule has 0 radical (unpaired) electrons. The standard InChI is InChI=1S/C7H7FN2O4S/c8-5-3-1-2-4(7(11)12)6(5)10-15(9,13)14/h1-3,10H,(H,11,12)(H2,9,13,14). The van der Waals surface area contributed by atoms with Crippen LogP contribution in [0.25, 0.3) is 0 Å². The third kappa shape index (κ3) is 2.89. The third-order valence-corrected chi connectivity index (χ3v) is 1.98. The molecule has 1 rings (SSSR count). The van der Waals surface area contributed by atoms with Crippen molar-refractivity contribution in [3.8, 4) is 0 Å². The predicted octanol–water partition coefficient (Wildman–Crippen LogP) is 0.139. The molecular formula is C7H7FN2O4S. The zero-order valence-electron chi connectivity index (χ0n) is 7.27. The average molecular weight is 234 g/mol. The molecule has 1 aromatic rings. The van der Waals surface area contributed by atoms with E-state index in [9.17, 15) is 17.6 Å². The molecule has 0 saturated carbocycles. The number of rotatable bonds is 3. The quantitative estimate of drug-likeness (QED) is 0.690. The summed E-state index contributed by atoms with van der Waals surface area (Å²) in [4.78, 5) is 10.6. The van der Waals surface area contributed by atoms with E-state index >= 15 is 0 Å². The second kappa shape index (κ2) is 3.83. The number of benzene rings is 1. The number of halogens is 1. The lowest BCUT2D eigenvalue weighted by Gasteiger charge is -2.07. The van der Waals surface area contributed by atoms with Gasteiger partial charge in [0.05, 0.1) is 11.3 Å². The molecular weight excluding hydrogens is 227 g/mol. The van der Waals surface area contributed by atoms with Crippen molar-refractivity contribution in [1.29, 1.82) is 0 Å². The van der Waals surface area contributed by atoms with Crippen LogP contribution in [-0.2, 0) is 10.2 Å². The molecule has 15 heavy (non-hydrogen) atoms. The molecule has 0 aliphatic carbocycles. The summed E-state index contributed by atoms with van der Waals surface area (Å²) < 4.78 is 36.0. The Balaban J connectivity index is 3.32. The molecule has 4 N–H and O–H groups in total. The summed E-state index contributed by atoms with van der Waals surface area (Å²) in [5.41, 5.74) is -1.18. The van der Waals surface area contributed by atoms with Crippen LogP contribution < -0.4 is 9.86 Å². The second-order valence-electron chi connectivity index (χ2n) is 2.61. The van der Waals surface area contributed by atoms with E-state index in [4.69, 9.17) is 5.11 Å². The molecule has 82 valence electrons. The van der Waals surface area contributed by atoms with Gasteiger partial charge in [0.15, 0.2) is 0 Å². The van der Waals surface area contributed by atoms with Gasteiger partial charge in [0.2, 0.25) is 0 Å². The summed E-state index contributed by atoms with van der Waals surface area (Å²) in [6.07, 6.45) is 0. The lowest BCUT2D eigenvalue weighted by molar-refractivity contribution is 0.0697. The molecule has 8 heteroatoms. The Hall–Kier alpha value is -1.67. The number of carbonyl (C=O) groups is 1. The maximum atomic E-state index is 13.1. The molecule has 0 aliphatic heterocycles. The average Bonchev–Trinajstić information content (AvgIpc) is 2.05. The number of carboxylic acids is 1. The van der Waals surface area contributed by atoms with Crippen molar-refractivity contribution in [2.24, 2.45) is 5.14 Å². The van der Waals surface area contributed by atoms with E-state index in [-0.39, 0.29) is 0 Å². The highest BCUT2D eigenvalue weighted by atomic mass is 32.2. The van der Waals surface area contributed by atoms with Crippen molar-refractivity contribution in [3.63, 3.8) is 0 Å². The van der Waals surface area contributed by atoms with Gasteiger partial charge in [0.25, 0.3) is 10.2 Å². The number of nitrogens with two attached hydrogens (primary N) is 1. The number of aromatic carboxylic acids is 1. The highest BCUT2D eigenvalue weighted by molar-refractivity contribution is 7.90. The molecule has 6 nitrogen and oxygen atoms in total. The van der Waals surface area contributed by atoms with Crippen LogP contribution >= 0.6 is 0 Å². The van der Waals surface area contributed by atoms with E-state index in [1.165, 1.54) is 0 Å². The number of para-hydroxylation sites is 1. The Morgan fingerprint density at radius 1 is 1.47 bits per heavy atom. The van der Waals surface area contributed by atoms with E-state index in [1.807, 2.05) is 0 Å². The Kier molecular flexibility index (Phi) is 2.91. The van der Waals surface area contributed by atoms with Crippen molar-refractivity contribution in [3.05, 3.63) is 29.6 Å². The third-order valence-electron chi connectivity index (χ3n) is 1.49. The SMILES string of the molecule is NS(=O)(=O)Nc1c(F)cccc1C(=O)O. The highest BCUT2D eigenvalue weighted by Gasteiger charge is 2.17. The number of anilines is 1. The van der Waals surface area contributed by atoms with Crippen molar-refractivity contribution < 1.29 is 22.7 Å². The fourth-order valence-electron chi connectivity index (χ4n) is 0.948. The Labute approximate surface area is 84.7 Å². The first-order valence-electron chi connectivity index (χ1n) is 3.63. The lowest BCUT2D eigenvalue weighted by Crippen LogP contribution is -2.23. The topological polar surface area (TPSA) is 109 Å². The van der Waals surface area contributed by atoms with Crippen molar-refractivity contribution in [2.75, 3.05) is 4.72 Å². The molecule has 0 fully saturated rings. The second-order valence-corrected chi connectivity index (χ2v) is 3.91. The van der Waals surface area contributed by atoms with Crippen molar-refractivity contribution in [2.45, 2.75) is 0 Å². The van der Waals surface area contributed by atoms with E-state index in [0.29, 0.717) is 0 Å². The number of hydrogen-bond donors (Lipinski definition) is 3. The van der Waals surface area contributed by atoms with E-state index in [1.54, 1.807) is 4.72 Å². The molecule has 0 unspecified atom stereocenters. The Bertz CT molecular complexity index is 500. The van der Waals surface area contributed by atoms with Gasteiger partial charge in [0.1, 0.15) is 5.82 Å². The molecule has 0 saturated heterocycles. The van der Waals surface area contributed by atoms with Gasteiger partial charge in [0, 0.05) is 0 Å². The zero-order chi connectivity index (χ0) is 11.6. The summed E-state index contributed by atoms with van der Waals surface area (Å²) in [6, 6.07) is 3.12. The fourth-order valence-corrected chi connectivity index (χ4v) is 1.44. The van der Waals surface area contributed by atoms with Crippen LogP contribution in [0.2, 0.25) is 0 Å². The van der Waals surface area contributed by atoms with Crippen LogP contribution in [0.4, 0.5) is 10.1 Å². The van der Waals surface area contributed by atoms with E-state index in [0.717, 1.165) is 18.2 Å². The number of hydrogen-bond acceptors (Lipinski definition) is 3. The maximum Gasteiger partial charge on any atom is 0.337 e. The van der Waals surface area contributed by atoms with Gasteiger partial charge in [-0.05, 0) is 12.1 Å². The molecule has 0 atom stereocenters. The van der Waals surface area contributed by atoms with Crippen molar-refractivity contribution >= 4 is 21.9 Å². The highest BCUT2D eigenvalue weighted by Crippen LogP contribution is 2.20. The monoisotopic (exact) mass is 234 g/mol. The van der Waals surface area contributed by atoms with Crippen LogP contribution in [0.15, 0.2) is 18.2 Å². The minimum Gasteiger partial charge on any atom is -0.478 e. The van der Waals surface area contributed by atoms with Gasteiger partial charge in [-0.2, -0.15) is 8.42 Å². The fraction of sp³-hybridized carbons (Fsp3) is 0. The van der Waals surface area contributed by atoms with Gasteiger partial charge in [-0.25, -0.2) is 14.3 Å². The predicted molar refractivity (Wildman–Crippen MR) is 50.1 cm³/mol. The summed E-state index contributed by atoms with van der Waals surface area (Å²) in [5.74, 6) is -2.47. The first-order chi connectivity index (χ1) is 6.81. The summed E-state index contributed by atoms with van der Waals surface area (Å²) in [5, 5.41) is 13.3. The minimum absolute atomic E-state index is 0.510. The van der Waals surface area contributed by atoms with Gasteiger partial charge >= 0.3 is 5.97 Å². The molecule has 0 bridgehead atoms. The van der Waals surface area contributed by atoms with E-state index < -0.39 is 33.2 Å². The van der Waals surface area contributed by atoms with Crippen molar-refractivity contribution in [1.82, 2.24) is 0 Å². The molecule has 0 heterocycles. The lowest BCUT2D eigenvalue weighted by atomic mass is 10.2. The van der Waals surface area contributed by atoms with Crippen LogP contribution in [0.5, 0.6) is 0 Å². The van der Waals surface area contributed by atoms with Crippen LogP contribution in [0, 0.1) is 5.82 Å². The van der Waals surface area contributed by atoms with Crippen LogP contribution in [0.3, 0.4) is 0 Å². The van der Waals surface area contributed by atoms with Crippen LogP contribution in [-0.4, -0.2) is 19.5 Å². The maximum absolute atomic E-state index is 13.1. The van der Waals surface area contributed by atoms with Gasteiger partial charge in [-0.15, -0.1) is 0 Å². The molecule has 0 amide bonds. The Morgan fingerprint density at radius 2 is 2.07 bits per heavy atom. The largest absolute Gasteiger partial charge is 0.478 e. The number of carboxylic acid groups (broad SMARTS) is 1. The minimum atomic E-state index is -4.21. The summed E-state index contributed by atoms with van der Waals surface area (Å²) >= 11 is 0. The van der Waals surface area contributed by atoms with Gasteiger partial charge in [-0.3, -0.25) is 4.72 Å². The van der Waals surface area contributed by atoms with Gasteiger partial charge in [-0.1, -0.05) is 6.07 Å². The zero-order valence-corrected chi connectivity index (χ0v) is 8.08. The van der Waals surface area contributed by atoms with Crippen LogP contribution in [0.1, 0.15) is 10.4 Å². The Morgan fingerprint density at radius 3 is 2.53 bits per heavy atom. The normalized spacial score (nSPS) is 11.1. The first kappa shape index (κ1) is 11.4. The first-order valence-corrected chi connectivity index (χ1v) is 5.18. The van der Waals surface area contributed by atoms with E-state index in [2.05, 4.69) is 5.14 Å². The number of nitrogens with one attached hydrogen (secondary N) is 1. The van der Waals surface area contributed by atoms with Gasteiger partial charge < -0.3 is 5.11 Å². The molecule has 0 aliphatic rings. The molecule has 0 aromatic heterocycles. The smallest absolute Gasteiger partial charge is 0.337 e. The summed E-state index contributed by atoms with van der Waals surface area (Å²) in [6.45, 7) is 0. The summed E-state index contributed by atoms with van der Waals surface area (Å²) in [7, 11) is -4.21.